The van der Waals surface area contributed by atoms with Gasteiger partial charge < -0.3 is 16.0 Å². The second kappa shape index (κ2) is 8.76. The molecule has 168 valence electrons. The van der Waals surface area contributed by atoms with Gasteiger partial charge in [0.25, 0.3) is 5.91 Å². The summed E-state index contributed by atoms with van der Waals surface area (Å²) in [6, 6.07) is 6.40. The van der Waals surface area contributed by atoms with Gasteiger partial charge in [-0.1, -0.05) is 6.42 Å². The van der Waals surface area contributed by atoms with Gasteiger partial charge in [0.2, 0.25) is 5.82 Å². The van der Waals surface area contributed by atoms with E-state index in [0.717, 1.165) is 29.7 Å². The molecule has 2 unspecified atom stereocenters. The molecule has 0 radical (unpaired) electrons. The SMILES string of the molecule is CN(C)C1CCCCC1[N+](C)(C)c1cnc(C(N)=O)c(Nc2ccnc3ncccc23)n1. The molecule has 3 aromatic rings. The fourth-order valence-corrected chi connectivity index (χ4v) is 4.76. The van der Waals surface area contributed by atoms with Crippen molar-refractivity contribution in [2.24, 2.45) is 5.73 Å². The summed E-state index contributed by atoms with van der Waals surface area (Å²) in [5.74, 6) is 0.500. The van der Waals surface area contributed by atoms with E-state index in [2.05, 4.69) is 53.4 Å². The smallest absolute Gasteiger partial charge is 0.271 e. The first-order valence-electron chi connectivity index (χ1n) is 10.9. The normalized spacial score (nSPS) is 19.3. The number of likely N-dealkylation sites (N-methyl/N-ethyl adjacent to an activating group) is 2. The minimum absolute atomic E-state index is 0.107. The quantitative estimate of drug-likeness (QED) is 0.573. The number of aromatic nitrogens is 4. The molecular weight excluding hydrogens is 404 g/mol. The molecule has 0 aliphatic heterocycles. The van der Waals surface area contributed by atoms with Gasteiger partial charge >= 0.3 is 0 Å². The van der Waals surface area contributed by atoms with Crippen LogP contribution in [0, 0.1) is 0 Å². The Morgan fingerprint density at radius 2 is 1.88 bits per heavy atom. The monoisotopic (exact) mass is 435 g/mol. The summed E-state index contributed by atoms with van der Waals surface area (Å²) in [7, 11) is 8.60. The number of nitrogens with zero attached hydrogens (tertiary/aromatic N) is 6. The fourth-order valence-electron chi connectivity index (χ4n) is 4.76. The highest BCUT2D eigenvalue weighted by molar-refractivity contribution is 5.98. The number of rotatable bonds is 6. The number of hydrogen-bond acceptors (Lipinski definition) is 7. The van der Waals surface area contributed by atoms with Crippen molar-refractivity contribution >= 4 is 34.3 Å². The molecule has 0 spiro atoms. The summed E-state index contributed by atoms with van der Waals surface area (Å²) in [5, 5.41) is 4.10. The number of anilines is 2. The first kappa shape index (κ1) is 22.0. The molecule has 1 fully saturated rings. The largest absolute Gasteiger partial charge is 0.364 e. The second-order valence-electron chi connectivity index (χ2n) is 9.07. The van der Waals surface area contributed by atoms with Gasteiger partial charge in [-0.15, -0.1) is 0 Å². The van der Waals surface area contributed by atoms with Gasteiger partial charge in [-0.3, -0.25) is 9.28 Å². The molecule has 1 aliphatic carbocycles. The van der Waals surface area contributed by atoms with Gasteiger partial charge in [0.05, 0.1) is 25.8 Å². The first-order chi connectivity index (χ1) is 15.3. The topological polar surface area (TPSA) is 110 Å². The summed E-state index contributed by atoms with van der Waals surface area (Å²) in [6.07, 6.45) is 9.75. The third-order valence-electron chi connectivity index (χ3n) is 6.54. The van der Waals surface area contributed by atoms with Crippen LogP contribution in [-0.2, 0) is 0 Å². The molecule has 3 aromatic heterocycles. The van der Waals surface area contributed by atoms with Crippen molar-refractivity contribution in [2.75, 3.05) is 33.5 Å². The number of amides is 1. The maximum absolute atomic E-state index is 12.1. The summed E-state index contributed by atoms with van der Waals surface area (Å²) in [4.78, 5) is 32.3. The van der Waals surface area contributed by atoms with Crippen molar-refractivity contribution in [1.29, 1.82) is 0 Å². The lowest BCUT2D eigenvalue weighted by molar-refractivity contribution is 0.0994. The standard InChI is InChI=1S/C23H30N8O/c1-30(2)17-9-5-6-10-18(17)31(3,4)19-14-27-20(21(24)32)23(29-19)28-16-11-13-26-22-15(16)8-7-12-25-22/h7-8,11-14,17-18H,5-6,9-10H2,1-4H3,(H2-,24,25,26,28,29,32)/p+1. The van der Waals surface area contributed by atoms with E-state index in [1.807, 2.05) is 18.2 Å². The Hall–Kier alpha value is -3.17. The van der Waals surface area contributed by atoms with Crippen LogP contribution < -0.4 is 15.5 Å². The van der Waals surface area contributed by atoms with Crippen LogP contribution in [0.25, 0.3) is 11.0 Å². The van der Waals surface area contributed by atoms with Crippen LogP contribution >= 0.6 is 0 Å². The van der Waals surface area contributed by atoms with Crippen LogP contribution in [0.3, 0.4) is 0 Å². The highest BCUT2D eigenvalue weighted by Crippen LogP contribution is 2.33. The van der Waals surface area contributed by atoms with Gasteiger partial charge in [0.15, 0.2) is 17.2 Å². The molecule has 32 heavy (non-hydrogen) atoms. The van der Waals surface area contributed by atoms with Crippen LogP contribution in [0.2, 0.25) is 0 Å². The first-order valence-corrected chi connectivity index (χ1v) is 10.9. The minimum atomic E-state index is -0.628. The number of nitrogens with two attached hydrogens (primary N) is 1. The Bertz CT molecular complexity index is 1120. The number of primary amides is 1. The van der Waals surface area contributed by atoms with E-state index in [0.29, 0.717) is 28.0 Å². The Morgan fingerprint density at radius 3 is 2.62 bits per heavy atom. The lowest BCUT2D eigenvalue weighted by atomic mass is 9.87. The van der Waals surface area contributed by atoms with Crippen LogP contribution in [0.4, 0.5) is 17.3 Å². The number of fused-ring (bicyclic) bond motifs is 1. The molecular formula is C23H31N8O+. The lowest BCUT2D eigenvalue weighted by Gasteiger charge is -2.45. The average molecular weight is 436 g/mol. The summed E-state index contributed by atoms with van der Waals surface area (Å²) in [5.41, 5.74) is 7.08. The molecule has 3 heterocycles. The Kier molecular flexibility index (Phi) is 6.03. The molecule has 9 nitrogen and oxygen atoms in total. The van der Waals surface area contributed by atoms with E-state index in [-0.39, 0.29) is 5.69 Å². The predicted octanol–water partition coefficient (Wildman–Crippen LogP) is 2.70. The van der Waals surface area contributed by atoms with E-state index in [4.69, 9.17) is 10.7 Å². The third kappa shape index (κ3) is 4.13. The maximum atomic E-state index is 12.1. The van der Waals surface area contributed by atoms with Gasteiger partial charge in [0.1, 0.15) is 12.2 Å². The van der Waals surface area contributed by atoms with E-state index in [1.165, 1.54) is 12.8 Å². The molecule has 0 bridgehead atoms. The number of nitrogens with one attached hydrogen (secondary N) is 1. The zero-order chi connectivity index (χ0) is 22.9. The minimum Gasteiger partial charge on any atom is -0.364 e. The number of carbonyl (C=O) groups is 1. The van der Waals surface area contributed by atoms with Crippen LogP contribution in [0.1, 0.15) is 36.2 Å². The molecule has 0 aromatic carbocycles. The molecule has 3 N–H and O–H groups in total. The van der Waals surface area contributed by atoms with Gasteiger partial charge in [-0.05, 0) is 45.1 Å². The summed E-state index contributed by atoms with van der Waals surface area (Å²) < 4.78 is 0.572. The molecule has 1 aliphatic rings. The summed E-state index contributed by atoms with van der Waals surface area (Å²) in [6.45, 7) is 0. The van der Waals surface area contributed by atoms with Crippen molar-refractivity contribution in [3.63, 3.8) is 0 Å². The van der Waals surface area contributed by atoms with Crippen molar-refractivity contribution in [3.05, 3.63) is 42.5 Å². The van der Waals surface area contributed by atoms with E-state index < -0.39 is 5.91 Å². The highest BCUT2D eigenvalue weighted by atomic mass is 16.1. The number of pyridine rings is 2. The highest BCUT2D eigenvalue weighted by Gasteiger charge is 2.41. The molecule has 1 amide bonds. The fraction of sp³-hybridized carbons (Fsp3) is 0.435. The van der Waals surface area contributed by atoms with E-state index in [9.17, 15) is 4.79 Å². The average Bonchev–Trinajstić information content (AvgIpc) is 2.79. The third-order valence-corrected chi connectivity index (χ3v) is 6.54. The van der Waals surface area contributed by atoms with Gasteiger partial charge in [0, 0.05) is 24.2 Å². The second-order valence-corrected chi connectivity index (χ2v) is 9.07. The van der Waals surface area contributed by atoms with Crippen LogP contribution in [0.5, 0.6) is 0 Å². The van der Waals surface area contributed by atoms with Gasteiger partial charge in [-0.25, -0.2) is 15.0 Å². The van der Waals surface area contributed by atoms with Gasteiger partial charge in [-0.2, -0.15) is 4.98 Å². The molecule has 4 rings (SSSR count). The Morgan fingerprint density at radius 1 is 1.12 bits per heavy atom. The summed E-state index contributed by atoms with van der Waals surface area (Å²) >= 11 is 0. The molecule has 1 saturated carbocycles. The zero-order valence-electron chi connectivity index (χ0n) is 19.1. The van der Waals surface area contributed by atoms with E-state index in [1.54, 1.807) is 18.6 Å². The van der Waals surface area contributed by atoms with Crippen molar-refractivity contribution in [3.8, 4) is 0 Å². The van der Waals surface area contributed by atoms with E-state index >= 15 is 0 Å². The lowest BCUT2D eigenvalue weighted by Crippen LogP contribution is -2.60. The van der Waals surface area contributed by atoms with Crippen molar-refractivity contribution in [1.82, 2.24) is 29.3 Å². The molecule has 9 heteroatoms. The maximum Gasteiger partial charge on any atom is 0.271 e. The molecule has 0 saturated heterocycles. The van der Waals surface area contributed by atoms with Crippen molar-refractivity contribution in [2.45, 2.75) is 37.8 Å². The number of carbonyl (C=O) groups excluding carboxylic acids is 1. The van der Waals surface area contributed by atoms with Crippen LogP contribution in [0.15, 0.2) is 36.8 Å². The van der Waals surface area contributed by atoms with Crippen LogP contribution in [-0.4, -0.2) is 71.0 Å². The Balaban J connectivity index is 1.76. The predicted molar refractivity (Wildman–Crippen MR) is 127 cm³/mol. The zero-order valence-corrected chi connectivity index (χ0v) is 19.1. The van der Waals surface area contributed by atoms with Crippen molar-refractivity contribution < 1.29 is 4.79 Å². The molecule has 2 atom stereocenters. The Labute approximate surface area is 188 Å². The number of hydrogen-bond donors (Lipinski definition) is 2. The number of quaternary nitrogens is 1.